The molecule has 0 saturated heterocycles. The average molecular weight is 354 g/mol. The molecule has 6 heteroatoms. The lowest BCUT2D eigenvalue weighted by Gasteiger charge is -2.45. The summed E-state index contributed by atoms with van der Waals surface area (Å²) in [5.74, 6) is -0.593. The molecular weight excluding hydrogens is 331 g/mol. The van der Waals surface area contributed by atoms with Crippen LogP contribution in [0.3, 0.4) is 0 Å². The summed E-state index contributed by atoms with van der Waals surface area (Å²) in [5.41, 5.74) is 8.59. The van der Waals surface area contributed by atoms with Crippen molar-refractivity contribution in [3.8, 4) is 6.07 Å². The van der Waals surface area contributed by atoms with E-state index >= 15 is 0 Å². The Morgan fingerprint density at radius 2 is 1.88 bits per heavy atom. The fourth-order valence-electron chi connectivity index (χ4n) is 3.94. The second-order valence-corrected chi connectivity index (χ2v) is 7.86. The van der Waals surface area contributed by atoms with Gasteiger partial charge in [0.15, 0.2) is 5.78 Å². The minimum atomic E-state index is -0.560. The summed E-state index contributed by atoms with van der Waals surface area (Å²) in [6.07, 6.45) is 1.08. The number of carbonyl (C=O) groups is 1. The maximum Gasteiger partial charge on any atom is 0.162 e. The SMILES string of the molecule is CN(C)N1C(N)=C(C#N)C(c2ccc(F)cc2)C2=C1CC(C)(C)CC2=O. The monoisotopic (exact) mass is 354 g/mol. The van der Waals surface area contributed by atoms with Gasteiger partial charge in [0, 0.05) is 31.8 Å². The minimum absolute atomic E-state index is 0.0117. The number of hydrazine groups is 1. The van der Waals surface area contributed by atoms with Gasteiger partial charge in [0.25, 0.3) is 0 Å². The van der Waals surface area contributed by atoms with E-state index in [4.69, 9.17) is 5.73 Å². The first-order valence-corrected chi connectivity index (χ1v) is 8.55. The first-order valence-electron chi connectivity index (χ1n) is 8.55. The largest absolute Gasteiger partial charge is 0.383 e. The Morgan fingerprint density at radius 3 is 2.42 bits per heavy atom. The van der Waals surface area contributed by atoms with Crippen molar-refractivity contribution < 1.29 is 9.18 Å². The summed E-state index contributed by atoms with van der Waals surface area (Å²) in [7, 11) is 3.66. The molecular formula is C20H23FN4O. The van der Waals surface area contributed by atoms with Gasteiger partial charge in [-0.3, -0.25) is 9.80 Å². The second kappa shape index (κ2) is 6.26. The van der Waals surface area contributed by atoms with Gasteiger partial charge in [-0.05, 0) is 29.5 Å². The van der Waals surface area contributed by atoms with E-state index in [-0.39, 0.29) is 17.0 Å². The van der Waals surface area contributed by atoms with E-state index in [0.29, 0.717) is 35.4 Å². The molecule has 0 saturated carbocycles. The number of halogens is 1. The van der Waals surface area contributed by atoms with Crippen LogP contribution in [0.25, 0.3) is 0 Å². The van der Waals surface area contributed by atoms with Crippen LogP contribution >= 0.6 is 0 Å². The van der Waals surface area contributed by atoms with Crippen LogP contribution in [0.1, 0.15) is 38.2 Å². The van der Waals surface area contributed by atoms with E-state index in [9.17, 15) is 14.4 Å². The number of nitriles is 1. The Kier molecular flexibility index (Phi) is 4.37. The topological polar surface area (TPSA) is 73.4 Å². The smallest absolute Gasteiger partial charge is 0.162 e. The Labute approximate surface area is 153 Å². The molecule has 2 N–H and O–H groups in total. The van der Waals surface area contributed by atoms with E-state index in [1.54, 1.807) is 22.2 Å². The summed E-state index contributed by atoms with van der Waals surface area (Å²) in [6.45, 7) is 4.10. The Morgan fingerprint density at radius 1 is 1.27 bits per heavy atom. The zero-order valence-electron chi connectivity index (χ0n) is 15.5. The number of Topliss-reactive ketones (excluding diaryl/α,β-unsaturated/α-hetero) is 1. The number of ketones is 1. The van der Waals surface area contributed by atoms with Crippen LogP contribution in [0.4, 0.5) is 4.39 Å². The van der Waals surface area contributed by atoms with Crippen molar-refractivity contribution in [2.75, 3.05) is 14.1 Å². The molecule has 0 radical (unpaired) electrons. The summed E-state index contributed by atoms with van der Waals surface area (Å²) >= 11 is 0. The maximum absolute atomic E-state index is 13.4. The molecule has 1 aromatic carbocycles. The number of nitrogens with two attached hydrogens (primary N) is 1. The highest BCUT2D eigenvalue weighted by molar-refractivity contribution is 6.00. The molecule has 26 heavy (non-hydrogen) atoms. The lowest BCUT2D eigenvalue weighted by atomic mass is 9.69. The molecule has 1 heterocycles. The normalized spacial score (nSPS) is 22.6. The van der Waals surface area contributed by atoms with E-state index in [1.165, 1.54) is 12.1 Å². The summed E-state index contributed by atoms with van der Waals surface area (Å²) in [4.78, 5) is 13.1. The third kappa shape index (κ3) is 2.89. The highest BCUT2D eigenvalue weighted by Gasteiger charge is 2.44. The fourth-order valence-corrected chi connectivity index (χ4v) is 3.94. The van der Waals surface area contributed by atoms with Gasteiger partial charge in [0.2, 0.25) is 0 Å². The van der Waals surface area contributed by atoms with Gasteiger partial charge >= 0.3 is 0 Å². The Bertz CT molecular complexity index is 859. The number of hydrogen-bond acceptors (Lipinski definition) is 5. The standard InChI is InChI=1S/C20H23FN4O/c1-20(2)9-15-18(16(26)10-20)17(12-5-7-13(21)8-6-12)14(11-22)19(23)25(15)24(3)4/h5-8,17H,9-10,23H2,1-4H3. The fraction of sp³-hybridized carbons (Fsp3) is 0.400. The van der Waals surface area contributed by atoms with Crippen LogP contribution in [-0.4, -0.2) is 29.9 Å². The van der Waals surface area contributed by atoms with Gasteiger partial charge in [-0.2, -0.15) is 5.26 Å². The van der Waals surface area contributed by atoms with Gasteiger partial charge in [0.05, 0.1) is 17.6 Å². The van der Waals surface area contributed by atoms with Crippen LogP contribution in [-0.2, 0) is 4.79 Å². The zero-order valence-corrected chi connectivity index (χ0v) is 15.5. The molecule has 0 amide bonds. The van der Waals surface area contributed by atoms with Gasteiger partial charge < -0.3 is 5.73 Å². The van der Waals surface area contributed by atoms with Gasteiger partial charge in [-0.25, -0.2) is 9.40 Å². The van der Waals surface area contributed by atoms with E-state index < -0.39 is 5.92 Å². The Hall–Kier alpha value is -2.65. The molecule has 3 rings (SSSR count). The molecule has 1 aliphatic heterocycles. The first-order chi connectivity index (χ1) is 12.2. The van der Waals surface area contributed by atoms with Crippen molar-refractivity contribution in [1.82, 2.24) is 10.0 Å². The highest BCUT2D eigenvalue weighted by atomic mass is 19.1. The molecule has 1 aromatic rings. The second-order valence-electron chi connectivity index (χ2n) is 7.86. The van der Waals surface area contributed by atoms with Crippen molar-refractivity contribution in [3.63, 3.8) is 0 Å². The highest BCUT2D eigenvalue weighted by Crippen LogP contribution is 2.49. The lowest BCUT2D eigenvalue weighted by molar-refractivity contribution is -0.119. The molecule has 1 aliphatic carbocycles. The molecule has 0 fully saturated rings. The van der Waals surface area contributed by atoms with Crippen LogP contribution in [0.15, 0.2) is 46.9 Å². The zero-order chi connectivity index (χ0) is 19.2. The number of benzene rings is 1. The van der Waals surface area contributed by atoms with Crippen LogP contribution in [0.2, 0.25) is 0 Å². The molecule has 0 bridgehead atoms. The molecule has 2 aliphatic rings. The number of carbonyl (C=O) groups excluding carboxylic acids is 1. The maximum atomic E-state index is 13.4. The van der Waals surface area contributed by atoms with Crippen molar-refractivity contribution in [1.29, 1.82) is 5.26 Å². The molecule has 5 nitrogen and oxygen atoms in total. The van der Waals surface area contributed by atoms with E-state index in [2.05, 4.69) is 19.9 Å². The lowest BCUT2D eigenvalue weighted by Crippen LogP contribution is -2.47. The molecule has 1 unspecified atom stereocenters. The first kappa shape index (κ1) is 18.2. The van der Waals surface area contributed by atoms with Gasteiger partial charge in [0.1, 0.15) is 11.6 Å². The van der Waals surface area contributed by atoms with Crippen molar-refractivity contribution in [3.05, 3.63) is 58.3 Å². The number of rotatable bonds is 2. The van der Waals surface area contributed by atoms with E-state index in [0.717, 1.165) is 5.70 Å². The summed E-state index contributed by atoms with van der Waals surface area (Å²) in [5, 5.41) is 13.3. The third-order valence-corrected chi connectivity index (χ3v) is 4.96. The predicted octanol–water partition coefficient (Wildman–Crippen LogP) is 3.04. The number of hydrogen-bond donors (Lipinski definition) is 1. The minimum Gasteiger partial charge on any atom is -0.383 e. The van der Waals surface area contributed by atoms with Gasteiger partial charge in [-0.15, -0.1) is 0 Å². The molecule has 0 spiro atoms. The number of allylic oxidation sites excluding steroid dienone is 3. The predicted molar refractivity (Wildman–Crippen MR) is 96.5 cm³/mol. The van der Waals surface area contributed by atoms with Crippen LogP contribution in [0, 0.1) is 22.6 Å². The van der Waals surface area contributed by atoms with Crippen molar-refractivity contribution >= 4 is 5.78 Å². The molecule has 0 aromatic heterocycles. The van der Waals surface area contributed by atoms with Crippen LogP contribution < -0.4 is 5.73 Å². The van der Waals surface area contributed by atoms with Gasteiger partial charge in [-0.1, -0.05) is 26.0 Å². The summed E-state index contributed by atoms with van der Waals surface area (Å²) < 4.78 is 13.4. The molecule has 136 valence electrons. The van der Waals surface area contributed by atoms with Crippen LogP contribution in [0.5, 0.6) is 0 Å². The van der Waals surface area contributed by atoms with E-state index in [1.807, 2.05) is 14.1 Å². The summed E-state index contributed by atoms with van der Waals surface area (Å²) in [6, 6.07) is 8.11. The molecule has 1 atom stereocenters. The van der Waals surface area contributed by atoms with Crippen molar-refractivity contribution in [2.45, 2.75) is 32.6 Å². The average Bonchev–Trinajstić information content (AvgIpc) is 2.53. The quantitative estimate of drug-likeness (QED) is 0.884. The Balaban J connectivity index is 2.27. The number of nitrogens with zero attached hydrogens (tertiary/aromatic N) is 3. The third-order valence-electron chi connectivity index (χ3n) is 4.96. The van der Waals surface area contributed by atoms with Crippen molar-refractivity contribution in [2.24, 2.45) is 11.1 Å².